The highest BCUT2D eigenvalue weighted by molar-refractivity contribution is 5.83. The Morgan fingerprint density at radius 1 is 1.06 bits per heavy atom. The molecule has 3 fully saturated rings. The topological polar surface area (TPSA) is 69.7 Å². The molecule has 6 rings (SSSR count). The summed E-state index contributed by atoms with van der Waals surface area (Å²) in [5.74, 6) is 1.68. The molecule has 2 aliphatic heterocycles. The van der Waals surface area contributed by atoms with Crippen molar-refractivity contribution < 1.29 is 23.9 Å². The second-order valence-electron chi connectivity index (χ2n) is 13.0. The van der Waals surface area contributed by atoms with Crippen LogP contribution in [0.25, 0.3) is 0 Å². The van der Waals surface area contributed by atoms with E-state index in [-0.39, 0.29) is 53.1 Å². The summed E-state index contributed by atoms with van der Waals surface area (Å²) < 4.78 is 12.1. The lowest BCUT2D eigenvalue weighted by atomic mass is 9.54. The number of carbonyl (C=O) groups excluding carboxylic acids is 3. The van der Waals surface area contributed by atoms with E-state index < -0.39 is 5.41 Å². The Balaban J connectivity index is 1.37. The summed E-state index contributed by atoms with van der Waals surface area (Å²) in [6.45, 7) is 10.6. The van der Waals surface area contributed by atoms with Gasteiger partial charge in [0.1, 0.15) is 18.0 Å². The number of Topliss-reactive ketones (excluding diaryl/α,β-unsaturated/α-hetero) is 1. The van der Waals surface area contributed by atoms with Crippen LogP contribution in [-0.4, -0.2) is 29.9 Å². The van der Waals surface area contributed by atoms with Gasteiger partial charge < -0.3 is 14.3 Å². The van der Waals surface area contributed by atoms with Gasteiger partial charge in [0, 0.05) is 23.7 Å². The number of rotatable bonds is 3. The zero-order valence-corrected chi connectivity index (χ0v) is 21.9. The second kappa shape index (κ2) is 7.79. The first kappa shape index (κ1) is 23.5. The van der Waals surface area contributed by atoms with E-state index in [4.69, 9.17) is 9.47 Å². The van der Waals surface area contributed by atoms with Crippen molar-refractivity contribution in [1.29, 1.82) is 0 Å². The summed E-state index contributed by atoms with van der Waals surface area (Å²) in [7, 11) is 0. The van der Waals surface area contributed by atoms with Crippen molar-refractivity contribution in [2.75, 3.05) is 0 Å². The van der Waals surface area contributed by atoms with Gasteiger partial charge in [-0.25, -0.2) is 0 Å². The average molecular weight is 481 g/mol. The molecule has 2 bridgehead atoms. The maximum atomic E-state index is 13.9. The molecule has 2 saturated heterocycles. The van der Waals surface area contributed by atoms with E-state index in [1.807, 2.05) is 6.92 Å². The average Bonchev–Trinajstić information content (AvgIpc) is 3.34. The number of fused-ring (bicyclic) bond motifs is 8. The summed E-state index contributed by atoms with van der Waals surface area (Å²) in [6.07, 6.45) is 9.17. The Bertz CT molecular complexity index is 1050. The number of esters is 2. The Hall–Kier alpha value is -1.91. The van der Waals surface area contributed by atoms with E-state index in [1.54, 1.807) is 12.5 Å². The Morgan fingerprint density at radius 2 is 1.80 bits per heavy atom. The van der Waals surface area contributed by atoms with Crippen molar-refractivity contribution >= 4 is 17.7 Å². The zero-order chi connectivity index (χ0) is 24.9. The highest BCUT2D eigenvalue weighted by Gasteiger charge is 2.74. The molecule has 190 valence electrons. The van der Waals surface area contributed by atoms with Crippen molar-refractivity contribution in [1.82, 2.24) is 0 Å². The van der Waals surface area contributed by atoms with Crippen LogP contribution in [0.2, 0.25) is 0 Å². The van der Waals surface area contributed by atoms with Crippen molar-refractivity contribution in [3.8, 4) is 0 Å². The first-order valence-electron chi connectivity index (χ1n) is 13.9. The standard InChI is InChI=1S/C30H40O5/c1-15-10-25-22(9-8-19(15)7-6-17(3)31)30(28(33)35-25)14-20-13-29(30,5)23-12-21-18(4)27(32)34-24(21)11-16(2)26(20)23/h8,15-16,18,20-22,24-25H,6-7,9-14H2,1-5H3/t15-,16+,18-,20+,21-,22-,24-,25+,29+,30-/m0/s1. The molecular formula is C30H40O5. The largest absolute Gasteiger partial charge is 0.462 e. The second-order valence-corrected chi connectivity index (χ2v) is 13.0. The summed E-state index contributed by atoms with van der Waals surface area (Å²) in [5, 5.41) is 0. The van der Waals surface area contributed by atoms with Gasteiger partial charge in [-0.1, -0.05) is 50.5 Å². The van der Waals surface area contributed by atoms with Crippen molar-refractivity contribution in [3.63, 3.8) is 0 Å². The van der Waals surface area contributed by atoms with Gasteiger partial charge >= 0.3 is 11.9 Å². The van der Waals surface area contributed by atoms with Crippen LogP contribution in [0.3, 0.4) is 0 Å². The smallest absolute Gasteiger partial charge is 0.313 e. The molecule has 5 heteroatoms. The predicted molar refractivity (Wildman–Crippen MR) is 131 cm³/mol. The maximum Gasteiger partial charge on any atom is 0.313 e. The fraction of sp³-hybridized carbons (Fsp3) is 0.767. The van der Waals surface area contributed by atoms with Crippen molar-refractivity contribution in [3.05, 3.63) is 22.8 Å². The zero-order valence-electron chi connectivity index (χ0n) is 21.9. The summed E-state index contributed by atoms with van der Waals surface area (Å²) in [4.78, 5) is 37.9. The van der Waals surface area contributed by atoms with Crippen LogP contribution in [0.15, 0.2) is 22.8 Å². The fourth-order valence-corrected chi connectivity index (χ4v) is 9.54. The minimum Gasteiger partial charge on any atom is -0.462 e. The normalized spacial score (nSPS) is 48.1. The quantitative estimate of drug-likeness (QED) is 0.390. The molecule has 0 aromatic carbocycles. The minimum atomic E-state index is -0.473. The lowest BCUT2D eigenvalue weighted by Crippen LogP contribution is -2.47. The van der Waals surface area contributed by atoms with E-state index >= 15 is 0 Å². The SMILES string of the molecule is CC(=O)CCC1=CC[C@H]2[C@@H](C[C@@H]1C)OC(=O)[C@]21C[C@H]2C[C@]1(C)C1=C2[C@H](C)C[C@@H]2OC(=O)[C@@H](C)[C@@H]2C1. The van der Waals surface area contributed by atoms with E-state index in [0.717, 1.165) is 44.9 Å². The number of carbonyl (C=O) groups is 3. The molecular weight excluding hydrogens is 440 g/mol. The molecule has 6 aliphatic rings. The Kier molecular flexibility index (Phi) is 5.23. The summed E-state index contributed by atoms with van der Waals surface area (Å²) in [5.41, 5.74) is 3.72. The monoisotopic (exact) mass is 480 g/mol. The van der Waals surface area contributed by atoms with Crippen LogP contribution in [0.1, 0.15) is 86.0 Å². The summed E-state index contributed by atoms with van der Waals surface area (Å²) in [6, 6.07) is 0. The van der Waals surface area contributed by atoms with Crippen LogP contribution in [0.5, 0.6) is 0 Å². The third kappa shape index (κ3) is 3.08. The number of ether oxygens (including phenoxy) is 2. The number of hydrogen-bond donors (Lipinski definition) is 0. The van der Waals surface area contributed by atoms with Crippen LogP contribution in [0, 0.1) is 46.3 Å². The third-order valence-corrected chi connectivity index (χ3v) is 11.3. The van der Waals surface area contributed by atoms with Crippen molar-refractivity contribution in [2.45, 2.75) is 98.2 Å². The van der Waals surface area contributed by atoms with Crippen LogP contribution >= 0.6 is 0 Å². The molecule has 0 radical (unpaired) electrons. The van der Waals surface area contributed by atoms with Gasteiger partial charge in [-0.2, -0.15) is 0 Å². The van der Waals surface area contributed by atoms with Gasteiger partial charge in [0.2, 0.25) is 0 Å². The van der Waals surface area contributed by atoms with Gasteiger partial charge in [0.15, 0.2) is 0 Å². The molecule has 1 spiro atoms. The highest BCUT2D eigenvalue weighted by atomic mass is 16.6. The van der Waals surface area contributed by atoms with Gasteiger partial charge in [-0.15, -0.1) is 0 Å². The minimum absolute atomic E-state index is 0.00539. The van der Waals surface area contributed by atoms with Crippen LogP contribution < -0.4 is 0 Å². The van der Waals surface area contributed by atoms with E-state index in [2.05, 4.69) is 26.8 Å². The van der Waals surface area contributed by atoms with Gasteiger partial charge in [0.05, 0.1) is 11.3 Å². The molecule has 0 N–H and O–H groups in total. The molecule has 0 amide bonds. The first-order chi connectivity index (χ1) is 16.6. The van der Waals surface area contributed by atoms with Gasteiger partial charge in [-0.05, 0) is 69.6 Å². The summed E-state index contributed by atoms with van der Waals surface area (Å²) >= 11 is 0. The van der Waals surface area contributed by atoms with E-state index in [1.165, 1.54) is 11.1 Å². The van der Waals surface area contributed by atoms with Crippen molar-refractivity contribution in [2.24, 2.45) is 46.3 Å². The van der Waals surface area contributed by atoms with Gasteiger partial charge in [0.25, 0.3) is 0 Å². The molecule has 2 heterocycles. The molecule has 4 aliphatic carbocycles. The van der Waals surface area contributed by atoms with Gasteiger partial charge in [-0.3, -0.25) is 9.59 Å². The third-order valence-electron chi connectivity index (χ3n) is 11.3. The lowest BCUT2D eigenvalue weighted by molar-refractivity contribution is -0.153. The van der Waals surface area contributed by atoms with Crippen LogP contribution in [0.4, 0.5) is 0 Å². The molecule has 35 heavy (non-hydrogen) atoms. The molecule has 0 unspecified atom stereocenters. The van der Waals surface area contributed by atoms with E-state index in [9.17, 15) is 14.4 Å². The first-order valence-corrected chi connectivity index (χ1v) is 13.9. The molecule has 5 nitrogen and oxygen atoms in total. The highest BCUT2D eigenvalue weighted by Crippen LogP contribution is 2.75. The number of hydrogen-bond acceptors (Lipinski definition) is 5. The van der Waals surface area contributed by atoms with Crippen LogP contribution in [-0.2, 0) is 23.9 Å². The maximum absolute atomic E-state index is 13.9. The lowest BCUT2D eigenvalue weighted by Gasteiger charge is -2.46. The number of allylic oxidation sites excluding steroid dienone is 4. The van der Waals surface area contributed by atoms with E-state index in [0.29, 0.717) is 24.2 Å². The predicted octanol–water partition coefficient (Wildman–Crippen LogP) is 5.57. The Labute approximate surface area is 209 Å². The molecule has 0 aromatic rings. The Morgan fingerprint density at radius 3 is 2.54 bits per heavy atom. The molecule has 10 atom stereocenters. The molecule has 1 saturated carbocycles. The number of ketones is 1. The molecule has 0 aromatic heterocycles. The fourth-order valence-electron chi connectivity index (χ4n) is 9.54.